The predicted octanol–water partition coefficient (Wildman–Crippen LogP) is 2.83. The average Bonchev–Trinajstić information content (AvgIpc) is 3.26. The molecule has 4 amide bonds. The van der Waals surface area contributed by atoms with E-state index in [1.807, 2.05) is 27.7 Å². The first kappa shape index (κ1) is 29.9. The standard InChI is InChI=1S/C32H45N5O6/c1-20-15-22(16-21-19-37(30(40)28(20)21)26-5-6-27(38)33-29(26)39)34-11-13-35(14-12-34)23-17-25(18-23)42-24-7-9-36(10-8-24)31(41)43-32(2,3)4/h15-16,23-26H,5-14,17-19H2,1-4H3,(H,33,38,39)/t23?,25?,26-/m1/s1. The van der Waals surface area contributed by atoms with Crippen molar-refractivity contribution >= 4 is 29.5 Å². The number of hydrogen-bond donors (Lipinski definition) is 1. The van der Waals surface area contributed by atoms with Gasteiger partial charge in [-0.1, -0.05) is 0 Å². The number of fused-ring (bicyclic) bond motifs is 1. The number of ether oxygens (including phenoxy) is 2. The van der Waals surface area contributed by atoms with E-state index in [9.17, 15) is 19.2 Å². The first-order valence-corrected chi connectivity index (χ1v) is 15.9. The summed E-state index contributed by atoms with van der Waals surface area (Å²) >= 11 is 0. The summed E-state index contributed by atoms with van der Waals surface area (Å²) in [7, 11) is 0. The maximum Gasteiger partial charge on any atom is 0.410 e. The van der Waals surface area contributed by atoms with Gasteiger partial charge in [-0.05, 0) is 83.1 Å². The van der Waals surface area contributed by atoms with E-state index in [0.717, 1.165) is 68.7 Å². The fourth-order valence-electron chi connectivity index (χ4n) is 7.15. The lowest BCUT2D eigenvalue weighted by molar-refractivity contribution is -0.136. The van der Waals surface area contributed by atoms with Crippen molar-refractivity contribution in [2.75, 3.05) is 44.2 Å². The molecule has 1 saturated carbocycles. The predicted molar refractivity (Wildman–Crippen MR) is 160 cm³/mol. The highest BCUT2D eigenvalue weighted by Crippen LogP contribution is 2.35. The van der Waals surface area contributed by atoms with Crippen LogP contribution in [-0.2, 0) is 25.6 Å². The highest BCUT2D eigenvalue weighted by Gasteiger charge is 2.41. The number of piperazine rings is 1. The number of aryl methyl sites for hydroxylation is 1. The van der Waals surface area contributed by atoms with Gasteiger partial charge in [0, 0.05) is 69.5 Å². The van der Waals surface area contributed by atoms with Gasteiger partial charge in [0.2, 0.25) is 11.8 Å². The van der Waals surface area contributed by atoms with E-state index in [4.69, 9.17) is 9.47 Å². The van der Waals surface area contributed by atoms with Crippen LogP contribution in [0.15, 0.2) is 12.1 Å². The first-order valence-electron chi connectivity index (χ1n) is 15.9. The number of nitrogens with one attached hydrogen (secondary N) is 1. The molecule has 0 radical (unpaired) electrons. The number of carbonyl (C=O) groups excluding carboxylic acids is 4. The molecule has 0 unspecified atom stereocenters. The maximum atomic E-state index is 13.2. The topological polar surface area (TPSA) is 112 Å². The van der Waals surface area contributed by atoms with Crippen LogP contribution < -0.4 is 10.2 Å². The fourth-order valence-corrected chi connectivity index (χ4v) is 7.15. The molecule has 11 nitrogen and oxygen atoms in total. The van der Waals surface area contributed by atoms with Gasteiger partial charge in [-0.15, -0.1) is 0 Å². The number of piperidine rings is 2. The third kappa shape index (κ3) is 6.38. The van der Waals surface area contributed by atoms with Gasteiger partial charge in [0.15, 0.2) is 0 Å². The molecule has 3 saturated heterocycles. The maximum absolute atomic E-state index is 13.2. The molecular formula is C32H45N5O6. The third-order valence-electron chi connectivity index (χ3n) is 9.55. The first-order chi connectivity index (χ1) is 20.4. The Hall–Kier alpha value is -3.18. The van der Waals surface area contributed by atoms with E-state index in [1.54, 1.807) is 9.80 Å². The van der Waals surface area contributed by atoms with Crippen LogP contribution >= 0.6 is 0 Å². The summed E-state index contributed by atoms with van der Waals surface area (Å²) in [5.41, 5.74) is 3.25. The molecule has 1 atom stereocenters. The number of benzene rings is 1. The molecule has 6 rings (SSSR count). The monoisotopic (exact) mass is 595 g/mol. The summed E-state index contributed by atoms with van der Waals surface area (Å²) in [6.45, 7) is 13.3. The van der Waals surface area contributed by atoms with Crippen molar-refractivity contribution in [3.8, 4) is 0 Å². The van der Waals surface area contributed by atoms with E-state index in [-0.39, 0.29) is 36.3 Å². The molecule has 4 aliphatic heterocycles. The zero-order valence-corrected chi connectivity index (χ0v) is 25.9. The van der Waals surface area contributed by atoms with E-state index >= 15 is 0 Å². The molecule has 4 fully saturated rings. The minimum atomic E-state index is -0.593. The molecule has 11 heteroatoms. The van der Waals surface area contributed by atoms with Crippen LogP contribution in [0.25, 0.3) is 0 Å². The van der Waals surface area contributed by atoms with E-state index < -0.39 is 11.6 Å². The van der Waals surface area contributed by atoms with Gasteiger partial charge >= 0.3 is 6.09 Å². The molecule has 0 spiro atoms. The minimum absolute atomic E-state index is 0.117. The number of nitrogens with zero attached hydrogens (tertiary/aromatic N) is 4. The van der Waals surface area contributed by atoms with Gasteiger partial charge in [-0.2, -0.15) is 0 Å². The summed E-state index contributed by atoms with van der Waals surface area (Å²) in [4.78, 5) is 58.0. The number of amides is 4. The molecule has 1 N–H and O–H groups in total. The van der Waals surface area contributed by atoms with Crippen molar-refractivity contribution in [2.24, 2.45) is 0 Å². The van der Waals surface area contributed by atoms with E-state index in [2.05, 4.69) is 27.2 Å². The number of carbonyl (C=O) groups is 4. The second kappa shape index (κ2) is 11.7. The number of anilines is 1. The number of hydrogen-bond acceptors (Lipinski definition) is 8. The number of likely N-dealkylation sites (tertiary alicyclic amines) is 1. The quantitative estimate of drug-likeness (QED) is 0.518. The summed E-state index contributed by atoms with van der Waals surface area (Å²) in [5.74, 6) is -0.766. The van der Waals surface area contributed by atoms with Crippen molar-refractivity contribution in [2.45, 2.75) is 103 Å². The summed E-state index contributed by atoms with van der Waals surface area (Å²) < 4.78 is 11.9. The zero-order chi connectivity index (χ0) is 30.5. The Bertz CT molecular complexity index is 1270. The lowest BCUT2D eigenvalue weighted by Gasteiger charge is -2.47. The molecule has 0 aromatic heterocycles. The largest absolute Gasteiger partial charge is 0.444 e. The van der Waals surface area contributed by atoms with Gasteiger partial charge < -0.3 is 24.2 Å². The van der Waals surface area contributed by atoms with E-state index in [0.29, 0.717) is 43.8 Å². The van der Waals surface area contributed by atoms with Crippen LogP contribution in [0, 0.1) is 6.92 Å². The van der Waals surface area contributed by atoms with Gasteiger partial charge in [0.05, 0.1) is 12.2 Å². The van der Waals surface area contributed by atoms with Crippen LogP contribution in [0.3, 0.4) is 0 Å². The van der Waals surface area contributed by atoms with Crippen molar-refractivity contribution in [3.63, 3.8) is 0 Å². The molecule has 5 aliphatic rings. The van der Waals surface area contributed by atoms with Gasteiger partial charge in [0.25, 0.3) is 5.91 Å². The molecule has 0 bridgehead atoms. The van der Waals surface area contributed by atoms with Crippen LogP contribution in [0.4, 0.5) is 10.5 Å². The molecule has 4 heterocycles. The Labute approximate surface area is 253 Å². The van der Waals surface area contributed by atoms with Gasteiger partial charge in [-0.3, -0.25) is 24.6 Å². The Morgan fingerprint density at radius 1 is 0.930 bits per heavy atom. The molecular weight excluding hydrogens is 550 g/mol. The van der Waals surface area contributed by atoms with Crippen molar-refractivity contribution < 1.29 is 28.7 Å². The van der Waals surface area contributed by atoms with Gasteiger partial charge in [0.1, 0.15) is 11.6 Å². The Morgan fingerprint density at radius 3 is 2.28 bits per heavy atom. The summed E-state index contributed by atoms with van der Waals surface area (Å²) in [6.07, 6.45) is 4.74. The van der Waals surface area contributed by atoms with Crippen LogP contribution in [0.2, 0.25) is 0 Å². The smallest absolute Gasteiger partial charge is 0.410 e. The molecule has 1 aromatic rings. The SMILES string of the molecule is Cc1cc(N2CCN(C3CC(OC4CCN(C(=O)OC(C)(C)C)CC4)C3)CC2)cc2c1C(=O)N([C@@H]1CCC(=O)NC1=O)C2. The molecule has 1 aromatic carbocycles. The van der Waals surface area contributed by atoms with Crippen molar-refractivity contribution in [1.29, 1.82) is 0 Å². The van der Waals surface area contributed by atoms with Crippen LogP contribution in [0.5, 0.6) is 0 Å². The normalized spacial score (nSPS) is 27.2. The summed E-state index contributed by atoms with van der Waals surface area (Å²) in [5, 5.41) is 2.38. The molecule has 1 aliphatic carbocycles. The van der Waals surface area contributed by atoms with Crippen LogP contribution in [-0.4, -0.2) is 108 Å². The Kier molecular flexibility index (Phi) is 8.14. The second-order valence-electron chi connectivity index (χ2n) is 13.8. The Morgan fingerprint density at radius 2 is 1.63 bits per heavy atom. The highest BCUT2D eigenvalue weighted by atomic mass is 16.6. The van der Waals surface area contributed by atoms with Crippen LogP contribution in [0.1, 0.15) is 80.8 Å². The lowest BCUT2D eigenvalue weighted by atomic mass is 9.87. The van der Waals surface area contributed by atoms with Crippen molar-refractivity contribution in [3.05, 3.63) is 28.8 Å². The summed E-state index contributed by atoms with van der Waals surface area (Å²) in [6, 6.07) is 4.17. The molecule has 234 valence electrons. The second-order valence-corrected chi connectivity index (χ2v) is 13.8. The number of imide groups is 1. The average molecular weight is 596 g/mol. The Balaban J connectivity index is 0.953. The fraction of sp³-hybridized carbons (Fsp3) is 0.688. The zero-order valence-electron chi connectivity index (χ0n) is 25.9. The highest BCUT2D eigenvalue weighted by molar-refractivity contribution is 6.06. The number of rotatable bonds is 5. The van der Waals surface area contributed by atoms with Gasteiger partial charge in [-0.25, -0.2) is 4.79 Å². The van der Waals surface area contributed by atoms with Crippen molar-refractivity contribution in [1.82, 2.24) is 20.0 Å². The molecule has 43 heavy (non-hydrogen) atoms. The lowest BCUT2D eigenvalue weighted by Crippen LogP contribution is -2.56. The third-order valence-corrected chi connectivity index (χ3v) is 9.55. The minimum Gasteiger partial charge on any atom is -0.444 e. The van der Waals surface area contributed by atoms with E-state index in [1.165, 1.54) is 0 Å².